The van der Waals surface area contributed by atoms with Crippen molar-refractivity contribution in [3.05, 3.63) is 46.8 Å². The first-order valence-electron chi connectivity index (χ1n) is 12.1. The maximum atomic E-state index is 13.1. The second-order valence-electron chi connectivity index (χ2n) is 9.44. The summed E-state index contributed by atoms with van der Waals surface area (Å²) in [5.41, 5.74) is 5.56. The van der Waals surface area contributed by atoms with Crippen molar-refractivity contribution >= 4 is 16.7 Å². The van der Waals surface area contributed by atoms with Gasteiger partial charge < -0.3 is 14.5 Å². The lowest BCUT2D eigenvalue weighted by Crippen LogP contribution is -2.46. The number of nitrogens with one attached hydrogen (secondary N) is 1. The standard InChI is InChI=1S/C25H30N6O3/c1-16-10-22-21(12-20(16)17-11-23(33-2)24-26-15-27-30(24)13-17)28-25(32)31(22)19-4-3-7-29(14-19)18-5-8-34-9-6-18/h10-13,15,18-19H,3-9,14H2,1-2H3,(H,28,32)/t19-/m1/s1. The quantitative estimate of drug-likeness (QED) is 0.501. The SMILES string of the molecule is COc1cc(-c2cc3[nH]c(=O)n([C@@H]4CCCN(C5CCOCC5)C4)c3cc2C)cn2ncnc12. The number of aromatic amines is 1. The maximum Gasteiger partial charge on any atom is 0.326 e. The van der Waals surface area contributed by atoms with Crippen molar-refractivity contribution in [3.63, 3.8) is 0 Å². The second kappa shape index (κ2) is 8.56. The normalized spacial score (nSPS) is 20.4. The Morgan fingerprint density at radius 1 is 1.15 bits per heavy atom. The van der Waals surface area contributed by atoms with Gasteiger partial charge in [-0.1, -0.05) is 0 Å². The number of benzene rings is 1. The van der Waals surface area contributed by atoms with Gasteiger partial charge in [0.2, 0.25) is 0 Å². The lowest BCUT2D eigenvalue weighted by atomic mass is 9.98. The number of nitrogens with zero attached hydrogens (tertiary/aromatic N) is 5. The van der Waals surface area contributed by atoms with Crippen molar-refractivity contribution in [2.45, 2.75) is 44.7 Å². The Bertz CT molecular complexity index is 1400. The van der Waals surface area contributed by atoms with Crippen LogP contribution in [0.1, 0.15) is 37.3 Å². The average Bonchev–Trinajstić information content (AvgIpc) is 3.47. The average molecular weight is 463 g/mol. The molecule has 0 saturated carbocycles. The molecule has 6 rings (SSSR count). The number of H-pyrrole nitrogens is 1. The molecule has 0 radical (unpaired) electrons. The van der Waals surface area contributed by atoms with Gasteiger partial charge in [0.1, 0.15) is 6.33 Å². The number of fused-ring (bicyclic) bond motifs is 2. The molecule has 1 aromatic carbocycles. The lowest BCUT2D eigenvalue weighted by molar-refractivity contribution is 0.0191. The summed E-state index contributed by atoms with van der Waals surface area (Å²) in [6.45, 7) is 5.79. The predicted octanol–water partition coefficient (Wildman–Crippen LogP) is 3.17. The molecule has 9 heteroatoms. The summed E-state index contributed by atoms with van der Waals surface area (Å²) in [4.78, 5) is 23.1. The molecule has 2 aliphatic heterocycles. The number of piperidine rings is 1. The topological polar surface area (TPSA) is 89.7 Å². The van der Waals surface area contributed by atoms with Gasteiger partial charge in [0.15, 0.2) is 11.4 Å². The van der Waals surface area contributed by atoms with E-state index in [1.54, 1.807) is 11.6 Å². The summed E-state index contributed by atoms with van der Waals surface area (Å²) in [7, 11) is 1.63. The lowest BCUT2D eigenvalue weighted by Gasteiger charge is -2.40. The van der Waals surface area contributed by atoms with Gasteiger partial charge in [-0.3, -0.25) is 9.47 Å². The van der Waals surface area contributed by atoms with Gasteiger partial charge in [0.25, 0.3) is 0 Å². The third kappa shape index (κ3) is 3.59. The number of aryl methyl sites for hydroxylation is 1. The fourth-order valence-corrected chi connectivity index (χ4v) is 5.72. The van der Waals surface area contributed by atoms with Crippen LogP contribution in [0.15, 0.2) is 35.5 Å². The second-order valence-corrected chi connectivity index (χ2v) is 9.44. The van der Waals surface area contributed by atoms with Crippen molar-refractivity contribution in [2.75, 3.05) is 33.4 Å². The molecular formula is C25H30N6O3. The molecule has 3 aromatic heterocycles. The summed E-state index contributed by atoms with van der Waals surface area (Å²) < 4.78 is 14.8. The Kier molecular flexibility index (Phi) is 5.38. The fraction of sp³-hybridized carbons (Fsp3) is 0.480. The number of aromatic nitrogens is 5. The summed E-state index contributed by atoms with van der Waals surface area (Å²) in [6, 6.07) is 6.91. The summed E-state index contributed by atoms with van der Waals surface area (Å²) >= 11 is 0. The van der Waals surface area contributed by atoms with Crippen LogP contribution in [-0.2, 0) is 4.74 Å². The molecule has 2 saturated heterocycles. The van der Waals surface area contributed by atoms with E-state index >= 15 is 0 Å². The first-order chi connectivity index (χ1) is 16.6. The zero-order valence-corrected chi connectivity index (χ0v) is 19.7. The van der Waals surface area contributed by atoms with Crippen molar-refractivity contribution in [1.29, 1.82) is 0 Å². The Morgan fingerprint density at radius 2 is 2.00 bits per heavy atom. The highest BCUT2D eigenvalue weighted by Gasteiger charge is 2.29. The van der Waals surface area contributed by atoms with Crippen LogP contribution in [0.25, 0.3) is 27.8 Å². The van der Waals surface area contributed by atoms with Crippen LogP contribution in [0.5, 0.6) is 5.75 Å². The highest BCUT2D eigenvalue weighted by molar-refractivity contribution is 5.85. The van der Waals surface area contributed by atoms with Gasteiger partial charge in [0.05, 0.1) is 24.2 Å². The van der Waals surface area contributed by atoms with E-state index in [9.17, 15) is 4.79 Å². The fourth-order valence-electron chi connectivity index (χ4n) is 5.72. The maximum absolute atomic E-state index is 13.1. The Hall–Kier alpha value is -3.17. The van der Waals surface area contributed by atoms with Gasteiger partial charge in [-0.05, 0) is 68.5 Å². The van der Waals surface area contributed by atoms with Crippen LogP contribution < -0.4 is 10.4 Å². The third-order valence-corrected chi connectivity index (χ3v) is 7.44. The first-order valence-corrected chi connectivity index (χ1v) is 12.1. The van der Waals surface area contributed by atoms with E-state index in [1.165, 1.54) is 6.33 Å². The molecule has 5 heterocycles. The van der Waals surface area contributed by atoms with Crippen LogP contribution in [0.2, 0.25) is 0 Å². The minimum atomic E-state index is -0.0327. The van der Waals surface area contributed by atoms with Gasteiger partial charge in [0, 0.05) is 37.6 Å². The molecule has 1 atom stereocenters. The molecule has 4 aromatic rings. The van der Waals surface area contributed by atoms with Crippen LogP contribution >= 0.6 is 0 Å². The molecule has 34 heavy (non-hydrogen) atoms. The van der Waals surface area contributed by atoms with E-state index < -0.39 is 0 Å². The molecule has 0 spiro atoms. The van der Waals surface area contributed by atoms with Gasteiger partial charge in [-0.2, -0.15) is 5.10 Å². The molecule has 0 amide bonds. The van der Waals surface area contributed by atoms with Crippen LogP contribution in [-0.4, -0.2) is 68.5 Å². The number of pyridine rings is 1. The van der Waals surface area contributed by atoms with Crippen LogP contribution in [0, 0.1) is 6.92 Å². The molecule has 2 fully saturated rings. The molecule has 0 aliphatic carbocycles. The molecule has 2 aliphatic rings. The number of likely N-dealkylation sites (tertiary alicyclic amines) is 1. The number of hydrogen-bond donors (Lipinski definition) is 1. The molecule has 0 bridgehead atoms. The molecule has 0 unspecified atom stereocenters. The highest BCUT2D eigenvalue weighted by atomic mass is 16.5. The van der Waals surface area contributed by atoms with E-state index in [1.807, 2.05) is 16.8 Å². The number of rotatable bonds is 4. The summed E-state index contributed by atoms with van der Waals surface area (Å²) in [5, 5.41) is 4.28. The van der Waals surface area contributed by atoms with Crippen molar-refractivity contribution in [3.8, 4) is 16.9 Å². The van der Waals surface area contributed by atoms with Gasteiger partial charge in [-0.25, -0.2) is 14.3 Å². The van der Waals surface area contributed by atoms with Crippen molar-refractivity contribution in [1.82, 2.24) is 29.0 Å². The smallest absolute Gasteiger partial charge is 0.326 e. The zero-order valence-electron chi connectivity index (χ0n) is 19.7. The zero-order chi connectivity index (χ0) is 23.2. The van der Waals surface area contributed by atoms with E-state index in [0.717, 1.165) is 79.7 Å². The van der Waals surface area contributed by atoms with E-state index in [-0.39, 0.29) is 11.7 Å². The van der Waals surface area contributed by atoms with Gasteiger partial charge >= 0.3 is 5.69 Å². The number of methoxy groups -OCH3 is 1. The molecule has 178 valence electrons. The molecular weight excluding hydrogens is 432 g/mol. The molecule has 9 nitrogen and oxygen atoms in total. The summed E-state index contributed by atoms with van der Waals surface area (Å²) in [6.07, 6.45) is 7.75. The first kappa shape index (κ1) is 21.4. The van der Waals surface area contributed by atoms with Gasteiger partial charge in [-0.15, -0.1) is 0 Å². The number of imidazole rings is 1. The van der Waals surface area contributed by atoms with E-state index in [0.29, 0.717) is 17.4 Å². The minimum absolute atomic E-state index is 0.0327. The largest absolute Gasteiger partial charge is 0.493 e. The van der Waals surface area contributed by atoms with Crippen molar-refractivity contribution < 1.29 is 9.47 Å². The number of hydrogen-bond acceptors (Lipinski definition) is 6. The molecule has 1 N–H and O–H groups in total. The Morgan fingerprint density at radius 3 is 2.82 bits per heavy atom. The summed E-state index contributed by atoms with van der Waals surface area (Å²) in [5.74, 6) is 0.663. The highest BCUT2D eigenvalue weighted by Crippen LogP contribution is 2.33. The Balaban J connectivity index is 1.38. The monoisotopic (exact) mass is 462 g/mol. The Labute approximate surface area is 197 Å². The number of ether oxygens (including phenoxy) is 2. The van der Waals surface area contributed by atoms with E-state index in [4.69, 9.17) is 9.47 Å². The van der Waals surface area contributed by atoms with Crippen LogP contribution in [0.3, 0.4) is 0 Å². The van der Waals surface area contributed by atoms with Crippen LogP contribution in [0.4, 0.5) is 0 Å². The third-order valence-electron chi connectivity index (χ3n) is 7.44. The van der Waals surface area contributed by atoms with Crippen molar-refractivity contribution in [2.24, 2.45) is 0 Å². The minimum Gasteiger partial charge on any atom is -0.493 e. The van der Waals surface area contributed by atoms with E-state index in [2.05, 4.69) is 39.0 Å². The predicted molar refractivity (Wildman–Crippen MR) is 130 cm³/mol.